The van der Waals surface area contributed by atoms with E-state index in [0.717, 1.165) is 33.6 Å². The number of hydrogen-bond donors (Lipinski definition) is 1. The second kappa shape index (κ2) is 9.42. The van der Waals surface area contributed by atoms with Crippen LogP contribution in [-0.4, -0.2) is 12.0 Å². The summed E-state index contributed by atoms with van der Waals surface area (Å²) in [6, 6.07) is 24.1. The summed E-state index contributed by atoms with van der Waals surface area (Å²) in [4.78, 5) is 13.2. The lowest BCUT2D eigenvalue weighted by Crippen LogP contribution is -2.40. The van der Waals surface area contributed by atoms with Gasteiger partial charge in [0, 0.05) is 0 Å². The van der Waals surface area contributed by atoms with Gasteiger partial charge in [-0.2, -0.15) is 0 Å². The lowest BCUT2D eigenvalue weighted by molar-refractivity contribution is -0.128. The number of hydrogen-bond acceptors (Lipinski definition) is 2. The standard InChI is InChI=1S/C26H29NO2/c1-5-23(29-24-17-18(2)15-16-20(24)4)26(28)27-25(21-12-7-6-8-13-21)22-14-10-9-11-19(22)3/h6-17,23,25H,5H2,1-4H3,(H,27,28)/t23-,25-/m0/s1. The zero-order valence-electron chi connectivity index (χ0n) is 17.6. The maximum atomic E-state index is 13.2. The molecule has 3 aromatic rings. The minimum Gasteiger partial charge on any atom is -0.480 e. The van der Waals surface area contributed by atoms with Crippen LogP contribution in [0.5, 0.6) is 5.75 Å². The van der Waals surface area contributed by atoms with Gasteiger partial charge in [0.25, 0.3) is 5.91 Å². The van der Waals surface area contributed by atoms with Crippen LogP contribution < -0.4 is 10.1 Å². The Bertz CT molecular complexity index is 965. The zero-order chi connectivity index (χ0) is 20.8. The van der Waals surface area contributed by atoms with E-state index in [-0.39, 0.29) is 11.9 Å². The van der Waals surface area contributed by atoms with Crippen molar-refractivity contribution in [1.82, 2.24) is 5.32 Å². The van der Waals surface area contributed by atoms with E-state index < -0.39 is 6.10 Å². The summed E-state index contributed by atoms with van der Waals surface area (Å²) < 4.78 is 6.13. The Morgan fingerprint density at radius 3 is 2.28 bits per heavy atom. The van der Waals surface area contributed by atoms with Crippen molar-refractivity contribution >= 4 is 5.91 Å². The first-order chi connectivity index (χ1) is 14.0. The Hall–Kier alpha value is -3.07. The number of aryl methyl sites for hydroxylation is 3. The van der Waals surface area contributed by atoms with Crippen molar-refractivity contribution in [2.75, 3.05) is 0 Å². The van der Waals surface area contributed by atoms with Gasteiger partial charge >= 0.3 is 0 Å². The molecule has 0 heterocycles. The zero-order valence-corrected chi connectivity index (χ0v) is 17.6. The minimum atomic E-state index is -0.550. The van der Waals surface area contributed by atoms with Crippen LogP contribution in [0.25, 0.3) is 0 Å². The highest BCUT2D eigenvalue weighted by Gasteiger charge is 2.25. The molecule has 0 aliphatic rings. The van der Waals surface area contributed by atoms with Gasteiger partial charge in [0.05, 0.1) is 6.04 Å². The number of amides is 1. The molecule has 1 N–H and O–H groups in total. The molecule has 0 aromatic heterocycles. The molecule has 3 aromatic carbocycles. The van der Waals surface area contributed by atoms with Gasteiger partial charge in [0.1, 0.15) is 5.75 Å². The van der Waals surface area contributed by atoms with Crippen LogP contribution in [0.2, 0.25) is 0 Å². The van der Waals surface area contributed by atoms with Crippen molar-refractivity contribution < 1.29 is 9.53 Å². The van der Waals surface area contributed by atoms with Gasteiger partial charge in [-0.15, -0.1) is 0 Å². The van der Waals surface area contributed by atoms with Gasteiger partial charge in [-0.25, -0.2) is 0 Å². The third kappa shape index (κ3) is 5.05. The molecule has 0 saturated heterocycles. The summed E-state index contributed by atoms with van der Waals surface area (Å²) in [5, 5.41) is 3.23. The van der Waals surface area contributed by atoms with Gasteiger partial charge in [-0.1, -0.05) is 73.7 Å². The van der Waals surface area contributed by atoms with Crippen LogP contribution in [-0.2, 0) is 4.79 Å². The van der Waals surface area contributed by atoms with Gasteiger partial charge in [-0.05, 0) is 61.1 Å². The van der Waals surface area contributed by atoms with Crippen molar-refractivity contribution in [3.8, 4) is 5.75 Å². The van der Waals surface area contributed by atoms with Gasteiger partial charge < -0.3 is 10.1 Å². The molecule has 3 heteroatoms. The maximum absolute atomic E-state index is 13.2. The van der Waals surface area contributed by atoms with Crippen molar-refractivity contribution in [2.24, 2.45) is 0 Å². The van der Waals surface area contributed by atoms with E-state index in [4.69, 9.17) is 4.74 Å². The number of carbonyl (C=O) groups is 1. The van der Waals surface area contributed by atoms with Crippen LogP contribution in [0.1, 0.15) is 47.2 Å². The lowest BCUT2D eigenvalue weighted by Gasteiger charge is -2.25. The molecule has 3 nitrogen and oxygen atoms in total. The SMILES string of the molecule is CC[C@H](Oc1cc(C)ccc1C)C(=O)N[C@@H](c1ccccc1)c1ccccc1C. The van der Waals surface area contributed by atoms with E-state index >= 15 is 0 Å². The molecule has 0 radical (unpaired) electrons. The van der Waals surface area contributed by atoms with Crippen LogP contribution in [0.15, 0.2) is 72.8 Å². The number of rotatable bonds is 7. The first-order valence-corrected chi connectivity index (χ1v) is 10.1. The summed E-state index contributed by atoms with van der Waals surface area (Å²) in [7, 11) is 0. The Balaban J connectivity index is 1.87. The molecule has 0 saturated carbocycles. The quantitative estimate of drug-likeness (QED) is 0.567. The molecule has 0 unspecified atom stereocenters. The normalized spacial score (nSPS) is 12.8. The van der Waals surface area contributed by atoms with E-state index in [2.05, 4.69) is 24.4 Å². The van der Waals surface area contributed by atoms with Gasteiger partial charge in [-0.3, -0.25) is 4.79 Å². The molecule has 2 atom stereocenters. The van der Waals surface area contributed by atoms with Crippen LogP contribution >= 0.6 is 0 Å². The van der Waals surface area contributed by atoms with E-state index in [1.54, 1.807) is 0 Å². The van der Waals surface area contributed by atoms with Crippen LogP contribution in [0.4, 0.5) is 0 Å². The number of benzene rings is 3. The minimum absolute atomic E-state index is 0.106. The molecular formula is C26H29NO2. The Labute approximate surface area is 173 Å². The summed E-state index contributed by atoms with van der Waals surface area (Å²) >= 11 is 0. The first kappa shape index (κ1) is 20.7. The molecule has 0 spiro atoms. The Morgan fingerprint density at radius 2 is 1.59 bits per heavy atom. The van der Waals surface area contributed by atoms with Crippen molar-refractivity contribution in [3.63, 3.8) is 0 Å². The Morgan fingerprint density at radius 1 is 0.897 bits per heavy atom. The van der Waals surface area contributed by atoms with Crippen molar-refractivity contribution in [3.05, 3.63) is 101 Å². The molecule has 29 heavy (non-hydrogen) atoms. The third-order valence-electron chi connectivity index (χ3n) is 5.20. The van der Waals surface area contributed by atoms with Gasteiger partial charge in [0.2, 0.25) is 0 Å². The summed E-state index contributed by atoms with van der Waals surface area (Å²) in [6.45, 7) is 8.07. The first-order valence-electron chi connectivity index (χ1n) is 10.1. The second-order valence-corrected chi connectivity index (χ2v) is 7.49. The summed E-state index contributed by atoms with van der Waals surface area (Å²) in [5.41, 5.74) is 5.43. The highest BCUT2D eigenvalue weighted by Crippen LogP contribution is 2.26. The third-order valence-corrected chi connectivity index (χ3v) is 5.20. The van der Waals surface area contributed by atoms with E-state index in [1.165, 1.54) is 0 Å². The van der Waals surface area contributed by atoms with Gasteiger partial charge in [0.15, 0.2) is 6.10 Å². The van der Waals surface area contributed by atoms with Crippen LogP contribution in [0, 0.1) is 20.8 Å². The molecule has 1 amide bonds. The average molecular weight is 388 g/mol. The fourth-order valence-corrected chi connectivity index (χ4v) is 3.44. The number of ether oxygens (including phenoxy) is 1. The topological polar surface area (TPSA) is 38.3 Å². The number of carbonyl (C=O) groups excluding carboxylic acids is 1. The molecule has 0 aliphatic carbocycles. The second-order valence-electron chi connectivity index (χ2n) is 7.49. The smallest absolute Gasteiger partial charge is 0.261 e. The van der Waals surface area contributed by atoms with Crippen molar-refractivity contribution in [2.45, 2.75) is 46.3 Å². The largest absolute Gasteiger partial charge is 0.480 e. The van der Waals surface area contributed by atoms with Crippen LogP contribution in [0.3, 0.4) is 0 Å². The van der Waals surface area contributed by atoms with Crippen molar-refractivity contribution in [1.29, 1.82) is 0 Å². The molecule has 150 valence electrons. The van der Waals surface area contributed by atoms with E-state index in [1.807, 2.05) is 81.4 Å². The summed E-state index contributed by atoms with van der Waals surface area (Å²) in [5.74, 6) is 0.657. The highest BCUT2D eigenvalue weighted by molar-refractivity contribution is 5.82. The Kier molecular flexibility index (Phi) is 6.71. The van der Waals surface area contributed by atoms with E-state index in [9.17, 15) is 4.79 Å². The fraction of sp³-hybridized carbons (Fsp3) is 0.269. The molecular weight excluding hydrogens is 358 g/mol. The predicted molar refractivity (Wildman–Crippen MR) is 118 cm³/mol. The highest BCUT2D eigenvalue weighted by atomic mass is 16.5. The number of nitrogens with one attached hydrogen (secondary N) is 1. The average Bonchev–Trinajstić information content (AvgIpc) is 2.73. The van der Waals surface area contributed by atoms with E-state index in [0.29, 0.717) is 6.42 Å². The lowest BCUT2D eigenvalue weighted by atomic mass is 9.94. The molecule has 0 fully saturated rings. The maximum Gasteiger partial charge on any atom is 0.261 e. The summed E-state index contributed by atoms with van der Waals surface area (Å²) in [6.07, 6.45) is 0.0415. The monoisotopic (exact) mass is 387 g/mol. The predicted octanol–water partition coefficient (Wildman–Crippen LogP) is 5.68. The molecule has 0 aliphatic heterocycles. The molecule has 0 bridgehead atoms. The molecule has 3 rings (SSSR count). The fourth-order valence-electron chi connectivity index (χ4n) is 3.44.